The maximum absolute atomic E-state index is 13.5. The highest BCUT2D eigenvalue weighted by molar-refractivity contribution is 7.89. The predicted molar refractivity (Wildman–Crippen MR) is 70.8 cm³/mol. The number of rotatable bonds is 5. The number of halogens is 1. The van der Waals surface area contributed by atoms with Gasteiger partial charge in [-0.25, -0.2) is 17.9 Å². The van der Waals surface area contributed by atoms with Crippen molar-refractivity contribution in [1.29, 1.82) is 0 Å². The molecule has 0 amide bonds. The second kappa shape index (κ2) is 5.46. The van der Waals surface area contributed by atoms with E-state index in [2.05, 4.69) is 0 Å². The SMILES string of the molecule is NS(=O)(=O)CC1(COc2ccccc2F)CCCC1. The van der Waals surface area contributed by atoms with E-state index in [0.717, 1.165) is 25.7 Å². The molecule has 19 heavy (non-hydrogen) atoms. The molecule has 106 valence electrons. The largest absolute Gasteiger partial charge is 0.490 e. The molecule has 0 atom stereocenters. The van der Waals surface area contributed by atoms with Crippen molar-refractivity contribution in [3.8, 4) is 5.75 Å². The molecular weight excluding hydrogens is 269 g/mol. The molecule has 0 saturated heterocycles. The van der Waals surface area contributed by atoms with Crippen LogP contribution in [0.15, 0.2) is 24.3 Å². The van der Waals surface area contributed by atoms with Crippen LogP contribution in [0.3, 0.4) is 0 Å². The van der Waals surface area contributed by atoms with Crippen molar-refractivity contribution >= 4 is 10.0 Å². The first-order valence-electron chi connectivity index (χ1n) is 6.28. The Labute approximate surface area is 112 Å². The third-order valence-electron chi connectivity index (χ3n) is 3.54. The summed E-state index contributed by atoms with van der Waals surface area (Å²) in [4.78, 5) is 0. The lowest BCUT2D eigenvalue weighted by Crippen LogP contribution is -2.36. The molecule has 1 aromatic rings. The van der Waals surface area contributed by atoms with Crippen molar-refractivity contribution < 1.29 is 17.5 Å². The number of nitrogens with two attached hydrogens (primary N) is 1. The van der Waals surface area contributed by atoms with Crippen LogP contribution in [-0.4, -0.2) is 20.8 Å². The predicted octanol–water partition coefficient (Wildman–Crippen LogP) is 2.05. The van der Waals surface area contributed by atoms with Gasteiger partial charge in [-0.3, -0.25) is 0 Å². The standard InChI is InChI=1S/C13H18FNO3S/c14-11-5-1-2-6-12(11)18-9-13(7-3-4-8-13)10-19(15,16)17/h1-2,5-6H,3-4,7-10H2,(H2,15,16,17). The van der Waals surface area contributed by atoms with Crippen LogP contribution in [0.1, 0.15) is 25.7 Å². The summed E-state index contributed by atoms with van der Waals surface area (Å²) in [6.45, 7) is 0.185. The zero-order chi connectivity index (χ0) is 13.9. The Bertz CT molecular complexity index is 539. The average Bonchev–Trinajstić information content (AvgIpc) is 2.74. The van der Waals surface area contributed by atoms with Crippen molar-refractivity contribution in [3.05, 3.63) is 30.1 Å². The van der Waals surface area contributed by atoms with Gasteiger partial charge < -0.3 is 4.74 Å². The van der Waals surface area contributed by atoms with Gasteiger partial charge in [0.25, 0.3) is 0 Å². The number of benzene rings is 1. The molecule has 0 aliphatic heterocycles. The summed E-state index contributed by atoms with van der Waals surface area (Å²) in [6.07, 6.45) is 3.40. The topological polar surface area (TPSA) is 69.4 Å². The van der Waals surface area contributed by atoms with Gasteiger partial charge in [-0.15, -0.1) is 0 Å². The lowest BCUT2D eigenvalue weighted by Gasteiger charge is -2.27. The lowest BCUT2D eigenvalue weighted by molar-refractivity contribution is 0.165. The maximum Gasteiger partial charge on any atom is 0.209 e. The number of sulfonamides is 1. The third kappa shape index (κ3) is 3.91. The second-order valence-corrected chi connectivity index (χ2v) is 6.85. The highest BCUT2D eigenvalue weighted by atomic mass is 32.2. The zero-order valence-corrected chi connectivity index (χ0v) is 11.5. The second-order valence-electron chi connectivity index (χ2n) is 5.23. The minimum Gasteiger partial charge on any atom is -0.490 e. The fourth-order valence-corrected chi connectivity index (χ4v) is 3.90. The molecule has 2 N–H and O–H groups in total. The molecule has 2 rings (SSSR count). The van der Waals surface area contributed by atoms with E-state index < -0.39 is 21.3 Å². The van der Waals surface area contributed by atoms with Crippen LogP contribution in [0.4, 0.5) is 4.39 Å². The average molecular weight is 287 g/mol. The van der Waals surface area contributed by atoms with Gasteiger partial charge in [0, 0.05) is 5.41 Å². The first kappa shape index (κ1) is 14.3. The van der Waals surface area contributed by atoms with Crippen LogP contribution in [-0.2, 0) is 10.0 Å². The monoisotopic (exact) mass is 287 g/mol. The maximum atomic E-state index is 13.5. The van der Waals surface area contributed by atoms with Gasteiger partial charge in [-0.2, -0.15) is 0 Å². The highest BCUT2D eigenvalue weighted by Crippen LogP contribution is 2.39. The Balaban J connectivity index is 2.08. The summed E-state index contributed by atoms with van der Waals surface area (Å²) in [7, 11) is -3.55. The Morgan fingerprint density at radius 2 is 1.89 bits per heavy atom. The van der Waals surface area contributed by atoms with Gasteiger partial charge >= 0.3 is 0 Å². The molecule has 6 heteroatoms. The fraction of sp³-hybridized carbons (Fsp3) is 0.538. The lowest BCUT2D eigenvalue weighted by atomic mass is 9.90. The van der Waals surface area contributed by atoms with Crippen LogP contribution in [0.25, 0.3) is 0 Å². The number of ether oxygens (including phenoxy) is 1. The molecule has 4 nitrogen and oxygen atoms in total. The molecule has 1 aromatic carbocycles. The van der Waals surface area contributed by atoms with E-state index in [0.29, 0.717) is 0 Å². The van der Waals surface area contributed by atoms with E-state index >= 15 is 0 Å². The zero-order valence-electron chi connectivity index (χ0n) is 10.6. The summed E-state index contributed by atoms with van der Waals surface area (Å²) in [5.74, 6) is -0.386. The minimum absolute atomic E-state index is 0.103. The fourth-order valence-electron chi connectivity index (χ4n) is 2.67. The van der Waals surface area contributed by atoms with E-state index in [-0.39, 0.29) is 18.1 Å². The molecule has 0 heterocycles. The van der Waals surface area contributed by atoms with Crippen molar-refractivity contribution in [2.45, 2.75) is 25.7 Å². The van der Waals surface area contributed by atoms with Crippen molar-refractivity contribution in [1.82, 2.24) is 0 Å². The highest BCUT2D eigenvalue weighted by Gasteiger charge is 2.38. The van der Waals surface area contributed by atoms with E-state index in [4.69, 9.17) is 9.88 Å². The van der Waals surface area contributed by atoms with Crippen molar-refractivity contribution in [2.24, 2.45) is 10.6 Å². The molecular formula is C13H18FNO3S. The summed E-state index contributed by atoms with van der Waals surface area (Å²) < 4.78 is 41.6. The van der Waals surface area contributed by atoms with Crippen LogP contribution in [0.2, 0.25) is 0 Å². The molecule has 1 saturated carbocycles. The van der Waals surface area contributed by atoms with Crippen LogP contribution in [0.5, 0.6) is 5.75 Å². The molecule has 0 unspecified atom stereocenters. The van der Waals surface area contributed by atoms with Gasteiger partial charge in [-0.05, 0) is 25.0 Å². The third-order valence-corrected chi connectivity index (χ3v) is 4.56. The first-order chi connectivity index (χ1) is 8.90. The number of primary sulfonamides is 1. The molecule has 0 radical (unpaired) electrons. The summed E-state index contributed by atoms with van der Waals surface area (Å²) in [5.41, 5.74) is -0.476. The molecule has 0 aromatic heterocycles. The number of hydrogen-bond donors (Lipinski definition) is 1. The van der Waals surface area contributed by atoms with Gasteiger partial charge in [0.05, 0.1) is 12.4 Å². The van der Waals surface area contributed by atoms with Crippen LogP contribution >= 0.6 is 0 Å². The number of hydrogen-bond acceptors (Lipinski definition) is 3. The van der Waals surface area contributed by atoms with E-state index in [1.807, 2.05) is 0 Å². The van der Waals surface area contributed by atoms with E-state index in [1.54, 1.807) is 12.1 Å². The molecule has 0 spiro atoms. The summed E-state index contributed by atoms with van der Waals surface area (Å²) >= 11 is 0. The van der Waals surface area contributed by atoms with E-state index in [9.17, 15) is 12.8 Å². The Hall–Kier alpha value is -1.14. The Kier molecular flexibility index (Phi) is 4.10. The molecule has 1 aliphatic carbocycles. The molecule has 0 bridgehead atoms. The quantitative estimate of drug-likeness (QED) is 0.901. The van der Waals surface area contributed by atoms with Crippen LogP contribution < -0.4 is 9.88 Å². The van der Waals surface area contributed by atoms with E-state index in [1.165, 1.54) is 12.1 Å². The molecule has 1 fully saturated rings. The van der Waals surface area contributed by atoms with Crippen LogP contribution in [0, 0.1) is 11.2 Å². The van der Waals surface area contributed by atoms with Gasteiger partial charge in [0.2, 0.25) is 10.0 Å². The van der Waals surface area contributed by atoms with Gasteiger partial charge in [0.15, 0.2) is 11.6 Å². The summed E-state index contributed by atoms with van der Waals surface area (Å²) in [6, 6.07) is 6.11. The number of para-hydroxylation sites is 1. The first-order valence-corrected chi connectivity index (χ1v) is 8.00. The van der Waals surface area contributed by atoms with Gasteiger partial charge in [-0.1, -0.05) is 25.0 Å². The Morgan fingerprint density at radius 3 is 2.47 bits per heavy atom. The van der Waals surface area contributed by atoms with Crippen molar-refractivity contribution in [2.75, 3.05) is 12.4 Å². The normalized spacial score (nSPS) is 18.4. The van der Waals surface area contributed by atoms with Crippen molar-refractivity contribution in [3.63, 3.8) is 0 Å². The smallest absolute Gasteiger partial charge is 0.209 e. The van der Waals surface area contributed by atoms with Gasteiger partial charge in [0.1, 0.15) is 0 Å². The molecule has 1 aliphatic rings. The Morgan fingerprint density at radius 1 is 1.26 bits per heavy atom. The summed E-state index contributed by atoms with van der Waals surface area (Å²) in [5, 5.41) is 5.14. The minimum atomic E-state index is -3.55.